The van der Waals surface area contributed by atoms with E-state index in [-0.39, 0.29) is 17.0 Å². The van der Waals surface area contributed by atoms with Crippen LogP contribution in [-0.2, 0) is 6.54 Å². The predicted molar refractivity (Wildman–Crippen MR) is 114 cm³/mol. The minimum Gasteiger partial charge on any atom is -0.308 e. The van der Waals surface area contributed by atoms with E-state index in [4.69, 9.17) is 4.99 Å². The molecule has 0 aliphatic carbocycles. The van der Waals surface area contributed by atoms with Crippen molar-refractivity contribution >= 4 is 34.3 Å². The van der Waals surface area contributed by atoms with Gasteiger partial charge in [0.2, 0.25) is 5.96 Å². The number of hydrogen-bond donors (Lipinski definition) is 0. The van der Waals surface area contributed by atoms with Crippen molar-refractivity contribution in [2.75, 3.05) is 22.9 Å². The fourth-order valence-electron chi connectivity index (χ4n) is 3.69. The van der Waals surface area contributed by atoms with Crippen LogP contribution in [0.3, 0.4) is 0 Å². The van der Waals surface area contributed by atoms with Crippen molar-refractivity contribution in [1.29, 1.82) is 0 Å². The van der Waals surface area contributed by atoms with Gasteiger partial charge in [-0.2, -0.15) is 0 Å². The second kappa shape index (κ2) is 6.96. The van der Waals surface area contributed by atoms with Gasteiger partial charge in [0, 0.05) is 6.54 Å². The molecule has 2 aliphatic heterocycles. The van der Waals surface area contributed by atoms with Crippen LogP contribution in [0.15, 0.2) is 83.9 Å². The van der Waals surface area contributed by atoms with Crippen molar-refractivity contribution < 1.29 is 0 Å². The standard InChI is InChI=1S/C22H19N3.BrH/c1-2-6-18(7-3-1)19-12-10-17(11-13-19)16-25-21-9-5-4-8-20(21)24-15-14-23-22(24)25;/h1-13H,14-16H2;1H. The Kier molecular flexibility index (Phi) is 4.51. The molecule has 0 aromatic heterocycles. The molecule has 5 rings (SSSR count). The van der Waals surface area contributed by atoms with Crippen LogP contribution < -0.4 is 9.80 Å². The molecule has 26 heavy (non-hydrogen) atoms. The van der Waals surface area contributed by atoms with E-state index in [1.54, 1.807) is 0 Å². The zero-order valence-corrected chi connectivity index (χ0v) is 16.1. The summed E-state index contributed by atoms with van der Waals surface area (Å²) in [4.78, 5) is 9.38. The number of nitrogens with zero attached hydrogens (tertiary/aromatic N) is 3. The summed E-state index contributed by atoms with van der Waals surface area (Å²) < 4.78 is 0. The number of rotatable bonds is 3. The van der Waals surface area contributed by atoms with Crippen LogP contribution >= 0.6 is 17.0 Å². The molecule has 130 valence electrons. The Morgan fingerprint density at radius 1 is 0.731 bits per heavy atom. The minimum atomic E-state index is 0. The molecule has 0 spiro atoms. The Hall–Kier alpha value is -2.59. The quantitative estimate of drug-likeness (QED) is 0.601. The molecular weight excluding hydrogens is 386 g/mol. The van der Waals surface area contributed by atoms with Crippen molar-refractivity contribution in [3.8, 4) is 11.1 Å². The Labute approximate surface area is 164 Å². The van der Waals surface area contributed by atoms with Crippen LogP contribution in [0, 0.1) is 0 Å². The fraction of sp³-hybridized carbons (Fsp3) is 0.136. The molecule has 2 heterocycles. The number of anilines is 2. The highest BCUT2D eigenvalue weighted by atomic mass is 79.9. The monoisotopic (exact) mass is 405 g/mol. The van der Waals surface area contributed by atoms with E-state index in [0.29, 0.717) is 0 Å². The molecule has 4 heteroatoms. The molecule has 0 unspecified atom stereocenters. The molecule has 2 aliphatic rings. The molecule has 0 saturated heterocycles. The summed E-state index contributed by atoms with van der Waals surface area (Å²) in [5.41, 5.74) is 6.34. The maximum Gasteiger partial charge on any atom is 0.206 e. The first-order chi connectivity index (χ1) is 12.4. The molecule has 3 aromatic carbocycles. The Balaban J connectivity index is 0.00000168. The Bertz CT molecular complexity index is 935. The third-order valence-corrected chi connectivity index (χ3v) is 4.92. The number of para-hydroxylation sites is 2. The molecule has 3 nitrogen and oxygen atoms in total. The van der Waals surface area contributed by atoms with Gasteiger partial charge in [0.1, 0.15) is 0 Å². The van der Waals surface area contributed by atoms with E-state index in [2.05, 4.69) is 88.7 Å². The van der Waals surface area contributed by atoms with Crippen LogP contribution in [-0.4, -0.2) is 19.0 Å². The summed E-state index contributed by atoms with van der Waals surface area (Å²) in [6.45, 7) is 2.71. The number of aliphatic imine (C=N–C) groups is 1. The topological polar surface area (TPSA) is 18.8 Å². The SMILES string of the molecule is Br.c1ccc(-c2ccc(CN3C4=NCCN4c4ccccc43)cc2)cc1. The van der Waals surface area contributed by atoms with Gasteiger partial charge in [0.25, 0.3) is 0 Å². The van der Waals surface area contributed by atoms with Crippen molar-refractivity contribution in [1.82, 2.24) is 0 Å². The van der Waals surface area contributed by atoms with Gasteiger partial charge in [-0.1, -0.05) is 66.7 Å². The number of halogens is 1. The summed E-state index contributed by atoms with van der Waals surface area (Å²) in [6, 6.07) is 28.0. The number of hydrogen-bond acceptors (Lipinski definition) is 3. The van der Waals surface area contributed by atoms with E-state index in [1.807, 2.05) is 0 Å². The number of fused-ring (bicyclic) bond motifs is 3. The third-order valence-electron chi connectivity index (χ3n) is 4.92. The molecule has 0 radical (unpaired) electrons. The van der Waals surface area contributed by atoms with Crippen LogP contribution in [0.4, 0.5) is 11.4 Å². The van der Waals surface area contributed by atoms with Gasteiger partial charge in [-0.05, 0) is 28.8 Å². The van der Waals surface area contributed by atoms with Crippen LogP contribution in [0.25, 0.3) is 11.1 Å². The van der Waals surface area contributed by atoms with Crippen LogP contribution in [0.1, 0.15) is 5.56 Å². The minimum absolute atomic E-state index is 0. The van der Waals surface area contributed by atoms with E-state index >= 15 is 0 Å². The molecule has 0 amide bonds. The van der Waals surface area contributed by atoms with Crippen molar-refractivity contribution in [2.24, 2.45) is 4.99 Å². The molecule has 3 aromatic rings. The van der Waals surface area contributed by atoms with Gasteiger partial charge < -0.3 is 9.80 Å². The van der Waals surface area contributed by atoms with Gasteiger partial charge in [0.05, 0.1) is 24.5 Å². The highest BCUT2D eigenvalue weighted by Gasteiger charge is 2.34. The summed E-state index contributed by atoms with van der Waals surface area (Å²) in [5, 5.41) is 0. The first kappa shape index (κ1) is 16.9. The van der Waals surface area contributed by atoms with Crippen molar-refractivity contribution in [2.45, 2.75) is 6.54 Å². The number of guanidine groups is 1. The maximum atomic E-state index is 4.72. The van der Waals surface area contributed by atoms with E-state index in [1.165, 1.54) is 28.1 Å². The van der Waals surface area contributed by atoms with Gasteiger partial charge in [-0.15, -0.1) is 17.0 Å². The van der Waals surface area contributed by atoms with E-state index in [9.17, 15) is 0 Å². The predicted octanol–water partition coefficient (Wildman–Crippen LogP) is 5.13. The smallest absolute Gasteiger partial charge is 0.206 e. The second-order valence-corrected chi connectivity index (χ2v) is 6.47. The van der Waals surface area contributed by atoms with Crippen LogP contribution in [0.2, 0.25) is 0 Å². The first-order valence-electron chi connectivity index (χ1n) is 8.73. The maximum absolute atomic E-state index is 4.72. The average molecular weight is 406 g/mol. The van der Waals surface area contributed by atoms with E-state index in [0.717, 1.165) is 25.6 Å². The first-order valence-corrected chi connectivity index (χ1v) is 8.73. The fourth-order valence-corrected chi connectivity index (χ4v) is 3.69. The Morgan fingerprint density at radius 3 is 2.15 bits per heavy atom. The third kappa shape index (κ3) is 2.80. The van der Waals surface area contributed by atoms with Gasteiger partial charge in [0.15, 0.2) is 0 Å². The lowest BCUT2D eigenvalue weighted by Crippen LogP contribution is -2.34. The molecular formula is C22H20BrN3. The molecule has 0 N–H and O–H groups in total. The zero-order chi connectivity index (χ0) is 16.6. The Morgan fingerprint density at radius 2 is 1.38 bits per heavy atom. The normalized spacial score (nSPS) is 14.5. The van der Waals surface area contributed by atoms with Gasteiger partial charge in [-0.25, -0.2) is 0 Å². The lowest BCUT2D eigenvalue weighted by atomic mass is 10.0. The highest BCUT2D eigenvalue weighted by molar-refractivity contribution is 8.93. The molecule has 0 fully saturated rings. The summed E-state index contributed by atoms with van der Waals surface area (Å²) in [6.07, 6.45) is 0. The summed E-state index contributed by atoms with van der Waals surface area (Å²) >= 11 is 0. The van der Waals surface area contributed by atoms with Gasteiger partial charge in [-0.3, -0.25) is 4.99 Å². The zero-order valence-electron chi connectivity index (χ0n) is 14.4. The van der Waals surface area contributed by atoms with E-state index < -0.39 is 0 Å². The van der Waals surface area contributed by atoms with Crippen molar-refractivity contribution in [3.63, 3.8) is 0 Å². The van der Waals surface area contributed by atoms with Crippen LogP contribution in [0.5, 0.6) is 0 Å². The molecule has 0 atom stereocenters. The molecule has 0 saturated carbocycles. The second-order valence-electron chi connectivity index (χ2n) is 6.47. The lowest BCUT2D eigenvalue weighted by molar-refractivity contribution is 1.01. The molecule has 0 bridgehead atoms. The lowest BCUT2D eigenvalue weighted by Gasteiger charge is -2.19. The summed E-state index contributed by atoms with van der Waals surface area (Å²) in [5.74, 6) is 1.09. The van der Waals surface area contributed by atoms with Gasteiger partial charge >= 0.3 is 0 Å². The van der Waals surface area contributed by atoms with Crippen molar-refractivity contribution in [3.05, 3.63) is 84.4 Å². The highest BCUT2D eigenvalue weighted by Crippen LogP contribution is 2.39. The number of benzene rings is 3. The summed E-state index contributed by atoms with van der Waals surface area (Å²) in [7, 11) is 0. The average Bonchev–Trinajstić information content (AvgIpc) is 3.26. The largest absolute Gasteiger partial charge is 0.308 e.